The van der Waals surface area contributed by atoms with E-state index in [4.69, 9.17) is 18.9 Å². The predicted molar refractivity (Wildman–Crippen MR) is 207 cm³/mol. The molecular weight excluding hydrogens is 681 g/mol. The van der Waals surface area contributed by atoms with E-state index in [-0.39, 0.29) is 28.8 Å². The van der Waals surface area contributed by atoms with Gasteiger partial charge in [0.25, 0.3) is 0 Å². The molecule has 0 amide bonds. The normalized spacial score (nSPS) is 12.2. The van der Waals surface area contributed by atoms with Gasteiger partial charge in [-0.2, -0.15) is 0 Å². The summed E-state index contributed by atoms with van der Waals surface area (Å²) in [4.78, 5) is 37.9. The van der Waals surface area contributed by atoms with Gasteiger partial charge in [-0.1, -0.05) is 89.9 Å². The van der Waals surface area contributed by atoms with E-state index in [2.05, 4.69) is 6.58 Å². The Morgan fingerprint density at radius 2 is 1.20 bits per heavy atom. The Morgan fingerprint density at radius 1 is 0.725 bits per heavy atom. The molecule has 0 aliphatic carbocycles. The molecule has 2 aromatic heterocycles. The Kier molecular flexibility index (Phi) is 11.1. The molecule has 7 nitrogen and oxygen atoms in total. The van der Waals surface area contributed by atoms with Gasteiger partial charge in [0.1, 0.15) is 36.4 Å². The molecule has 0 saturated heterocycles. The van der Waals surface area contributed by atoms with Crippen molar-refractivity contribution in [1.29, 1.82) is 0 Å². The minimum atomic E-state index is -0.792. The Labute approximate surface area is 304 Å². The lowest BCUT2D eigenvalue weighted by molar-refractivity contribution is -0.155. The van der Waals surface area contributed by atoms with Crippen LogP contribution in [0.25, 0.3) is 42.4 Å². The standard InChI is InChI=1S/C42H38O7S2/c1-5-39(43)49-42(3,4)24-27(2)48-34(25-46-32-18-16-30-20-35(28-12-8-6-9-13-28)40(44)50-37(30)22-32)26-47-33-19-17-31-21-36(29-14-10-7-11-15-29)41(45)51-38(31)23-33/h5-23,27,34H,1,24-26H2,2-4H3. The van der Waals surface area contributed by atoms with Gasteiger partial charge in [-0.05, 0) is 91.2 Å². The fourth-order valence-electron chi connectivity index (χ4n) is 5.93. The van der Waals surface area contributed by atoms with Crippen molar-refractivity contribution in [1.82, 2.24) is 0 Å². The summed E-state index contributed by atoms with van der Waals surface area (Å²) in [5, 5.41) is 1.89. The van der Waals surface area contributed by atoms with E-state index in [9.17, 15) is 14.4 Å². The zero-order valence-electron chi connectivity index (χ0n) is 28.6. The molecule has 0 fully saturated rings. The van der Waals surface area contributed by atoms with Crippen molar-refractivity contribution in [3.63, 3.8) is 0 Å². The monoisotopic (exact) mass is 718 g/mol. The van der Waals surface area contributed by atoms with E-state index >= 15 is 0 Å². The van der Waals surface area contributed by atoms with Crippen LogP contribution in [0.4, 0.5) is 0 Å². The number of carbonyl (C=O) groups is 1. The first kappa shape index (κ1) is 35.7. The van der Waals surface area contributed by atoms with Gasteiger partial charge in [-0.15, -0.1) is 0 Å². The number of carbonyl (C=O) groups excluding carboxylic acids is 1. The van der Waals surface area contributed by atoms with Gasteiger partial charge in [-0.25, -0.2) is 4.79 Å². The molecule has 51 heavy (non-hydrogen) atoms. The summed E-state index contributed by atoms with van der Waals surface area (Å²) in [6, 6.07) is 34.5. The molecule has 0 aliphatic rings. The molecule has 0 saturated carbocycles. The minimum absolute atomic E-state index is 0.0225. The summed E-state index contributed by atoms with van der Waals surface area (Å²) in [6.07, 6.45) is 0.718. The van der Waals surface area contributed by atoms with Crippen LogP contribution in [0.15, 0.2) is 131 Å². The highest BCUT2D eigenvalue weighted by atomic mass is 32.1. The van der Waals surface area contributed by atoms with Crippen LogP contribution in [-0.4, -0.2) is 37.0 Å². The molecule has 0 aliphatic heterocycles. The molecule has 6 aromatic rings. The number of hydrogen-bond donors (Lipinski definition) is 0. The largest absolute Gasteiger partial charge is 0.491 e. The molecule has 2 heterocycles. The second kappa shape index (κ2) is 15.9. The van der Waals surface area contributed by atoms with Crippen molar-refractivity contribution in [2.75, 3.05) is 13.2 Å². The van der Waals surface area contributed by atoms with Crippen molar-refractivity contribution in [2.45, 2.75) is 45.0 Å². The lowest BCUT2D eigenvalue weighted by Crippen LogP contribution is -2.37. The third-order valence-corrected chi connectivity index (χ3v) is 10.2. The maximum atomic E-state index is 13.0. The van der Waals surface area contributed by atoms with E-state index in [1.807, 2.05) is 130 Å². The van der Waals surface area contributed by atoms with Crippen LogP contribution < -0.4 is 19.0 Å². The van der Waals surface area contributed by atoms with Gasteiger partial charge in [0.2, 0.25) is 9.48 Å². The average molecular weight is 719 g/mol. The summed E-state index contributed by atoms with van der Waals surface area (Å²) in [5.74, 6) is 0.688. The van der Waals surface area contributed by atoms with Crippen molar-refractivity contribution >= 4 is 48.8 Å². The molecule has 0 radical (unpaired) electrons. The number of rotatable bonds is 14. The van der Waals surface area contributed by atoms with E-state index in [0.29, 0.717) is 29.0 Å². The maximum Gasteiger partial charge on any atom is 0.330 e. The Morgan fingerprint density at radius 3 is 1.65 bits per heavy atom. The van der Waals surface area contributed by atoms with Crippen molar-refractivity contribution in [3.05, 3.63) is 141 Å². The van der Waals surface area contributed by atoms with Crippen molar-refractivity contribution in [2.24, 2.45) is 0 Å². The summed E-state index contributed by atoms with van der Waals surface area (Å²) in [5.41, 5.74) is 2.31. The van der Waals surface area contributed by atoms with Gasteiger partial charge < -0.3 is 18.9 Å². The second-order valence-electron chi connectivity index (χ2n) is 12.8. The molecule has 4 aromatic carbocycles. The number of fused-ring (bicyclic) bond motifs is 2. The Hall–Kier alpha value is -5.09. The van der Waals surface area contributed by atoms with Gasteiger partial charge in [-0.3, -0.25) is 9.59 Å². The minimum Gasteiger partial charge on any atom is -0.491 e. The van der Waals surface area contributed by atoms with Crippen LogP contribution in [0.2, 0.25) is 0 Å². The van der Waals surface area contributed by atoms with Crippen molar-refractivity contribution in [3.8, 4) is 33.8 Å². The zero-order valence-corrected chi connectivity index (χ0v) is 30.3. The summed E-state index contributed by atoms with van der Waals surface area (Å²) in [7, 11) is 0. The Balaban J connectivity index is 1.19. The quantitative estimate of drug-likeness (QED) is 0.0820. The van der Waals surface area contributed by atoms with Gasteiger partial charge in [0.05, 0.1) is 6.10 Å². The molecule has 6 rings (SSSR count). The van der Waals surface area contributed by atoms with E-state index in [0.717, 1.165) is 37.4 Å². The summed E-state index contributed by atoms with van der Waals surface area (Å²) in [6.45, 7) is 9.35. The average Bonchev–Trinajstić information content (AvgIpc) is 3.12. The highest BCUT2D eigenvalue weighted by molar-refractivity contribution is 7.16. The SMILES string of the molecule is C=CC(=O)OC(C)(C)CC(C)OC(COc1ccc2cc(-c3ccccc3)c(=O)sc2c1)COc1ccc2cc(-c3ccccc3)c(=O)sc2c1. The third-order valence-electron chi connectivity index (χ3n) is 8.20. The van der Waals surface area contributed by atoms with E-state index < -0.39 is 17.7 Å². The Bertz CT molecular complexity index is 2140. The highest BCUT2D eigenvalue weighted by Gasteiger charge is 2.27. The van der Waals surface area contributed by atoms with Gasteiger partial charge in [0.15, 0.2) is 0 Å². The van der Waals surface area contributed by atoms with Gasteiger partial charge in [0, 0.05) is 33.0 Å². The number of ether oxygens (including phenoxy) is 4. The van der Waals surface area contributed by atoms with Crippen LogP contribution in [-0.2, 0) is 14.3 Å². The number of benzene rings is 4. The van der Waals surface area contributed by atoms with E-state index in [1.54, 1.807) is 0 Å². The molecule has 9 heteroatoms. The van der Waals surface area contributed by atoms with Crippen LogP contribution >= 0.6 is 22.7 Å². The smallest absolute Gasteiger partial charge is 0.330 e. The molecule has 260 valence electrons. The lowest BCUT2D eigenvalue weighted by atomic mass is 10.0. The topological polar surface area (TPSA) is 88.1 Å². The molecule has 0 N–H and O–H groups in total. The molecule has 0 spiro atoms. The van der Waals surface area contributed by atoms with Gasteiger partial charge >= 0.3 is 5.97 Å². The summed E-state index contributed by atoms with van der Waals surface area (Å²) >= 11 is 2.37. The maximum absolute atomic E-state index is 13.0. The number of hydrogen-bond acceptors (Lipinski definition) is 9. The predicted octanol–water partition coefficient (Wildman–Crippen LogP) is 9.30. The highest BCUT2D eigenvalue weighted by Crippen LogP contribution is 2.29. The van der Waals surface area contributed by atoms with Crippen molar-refractivity contribution < 1.29 is 23.7 Å². The molecular formula is C42H38O7S2. The van der Waals surface area contributed by atoms with Crippen LogP contribution in [0.5, 0.6) is 11.5 Å². The molecule has 1 atom stereocenters. The third kappa shape index (κ3) is 9.18. The first-order valence-corrected chi connectivity index (χ1v) is 18.2. The fraction of sp³-hybridized carbons (Fsp3) is 0.214. The van der Waals surface area contributed by atoms with E-state index in [1.165, 1.54) is 22.7 Å². The van der Waals surface area contributed by atoms with Crippen LogP contribution in [0, 0.1) is 0 Å². The fourth-order valence-corrected chi connectivity index (χ4v) is 7.74. The van der Waals surface area contributed by atoms with Crippen LogP contribution in [0.1, 0.15) is 27.2 Å². The van der Waals surface area contributed by atoms with Crippen LogP contribution in [0.3, 0.4) is 0 Å². The molecule has 0 bridgehead atoms. The number of esters is 1. The zero-order chi connectivity index (χ0) is 36.0. The molecule has 1 unspecified atom stereocenters. The summed E-state index contributed by atoms with van der Waals surface area (Å²) < 4.78 is 26.0. The first-order valence-electron chi connectivity index (χ1n) is 16.6. The first-order chi connectivity index (χ1) is 24.6. The second-order valence-corrected chi connectivity index (χ2v) is 14.8. The lowest BCUT2D eigenvalue weighted by Gasteiger charge is -2.30.